The van der Waals surface area contributed by atoms with Crippen LogP contribution < -0.4 is 10.6 Å². The summed E-state index contributed by atoms with van der Waals surface area (Å²) in [7, 11) is 3.16. The number of esters is 1. The number of hydrogen-bond acceptors (Lipinski definition) is 7. The zero-order chi connectivity index (χ0) is 18.5. The standard InChI is InChI=1S/C19H18N4O2S/c1-23(15-11-7-6-10-14(15)19(24)25-2)17-16(20)18(22-12-21-17)26-13-8-4-3-5-9-13/h3-12H,20H2,1-2H3. The maximum Gasteiger partial charge on any atom is 0.339 e. The lowest BCUT2D eigenvalue weighted by atomic mass is 10.1. The van der Waals surface area contributed by atoms with E-state index in [1.807, 2.05) is 42.5 Å². The van der Waals surface area contributed by atoms with Gasteiger partial charge in [0.25, 0.3) is 0 Å². The lowest BCUT2D eigenvalue weighted by Gasteiger charge is -2.22. The molecule has 0 bridgehead atoms. The highest BCUT2D eigenvalue weighted by Gasteiger charge is 2.19. The maximum atomic E-state index is 12.0. The van der Waals surface area contributed by atoms with Crippen LogP contribution in [-0.2, 0) is 4.74 Å². The molecule has 2 N–H and O–H groups in total. The van der Waals surface area contributed by atoms with Crippen LogP contribution in [0.25, 0.3) is 0 Å². The lowest BCUT2D eigenvalue weighted by molar-refractivity contribution is 0.0601. The van der Waals surface area contributed by atoms with Crippen molar-refractivity contribution >= 4 is 34.9 Å². The number of nitrogen functional groups attached to an aromatic ring is 1. The largest absolute Gasteiger partial charge is 0.465 e. The second kappa shape index (κ2) is 7.88. The molecule has 0 aliphatic rings. The van der Waals surface area contributed by atoms with Crippen molar-refractivity contribution in [1.29, 1.82) is 0 Å². The van der Waals surface area contributed by atoms with Crippen LogP contribution in [-0.4, -0.2) is 30.1 Å². The molecule has 132 valence electrons. The van der Waals surface area contributed by atoms with Crippen LogP contribution >= 0.6 is 11.8 Å². The predicted octanol–water partition coefficient (Wildman–Crippen LogP) is 3.76. The van der Waals surface area contributed by atoms with Gasteiger partial charge in [0, 0.05) is 11.9 Å². The number of benzene rings is 2. The van der Waals surface area contributed by atoms with Gasteiger partial charge in [-0.2, -0.15) is 0 Å². The smallest absolute Gasteiger partial charge is 0.339 e. The Kier molecular flexibility index (Phi) is 5.38. The number of carbonyl (C=O) groups is 1. The third-order valence-electron chi connectivity index (χ3n) is 3.77. The average molecular weight is 366 g/mol. The Labute approximate surface area is 156 Å². The molecule has 2 aromatic carbocycles. The molecule has 0 fully saturated rings. The molecular weight excluding hydrogens is 348 g/mol. The number of carbonyl (C=O) groups excluding carboxylic acids is 1. The Balaban J connectivity index is 1.98. The molecule has 0 spiro atoms. The van der Waals surface area contributed by atoms with E-state index in [1.165, 1.54) is 25.2 Å². The van der Waals surface area contributed by atoms with E-state index in [9.17, 15) is 4.79 Å². The first-order valence-corrected chi connectivity index (χ1v) is 8.68. The Morgan fingerprint density at radius 2 is 1.77 bits per heavy atom. The van der Waals surface area contributed by atoms with E-state index < -0.39 is 5.97 Å². The van der Waals surface area contributed by atoms with Crippen LogP contribution in [0.1, 0.15) is 10.4 Å². The first-order valence-electron chi connectivity index (χ1n) is 7.86. The first kappa shape index (κ1) is 17.8. The van der Waals surface area contributed by atoms with E-state index >= 15 is 0 Å². The SMILES string of the molecule is COC(=O)c1ccccc1N(C)c1ncnc(Sc2ccccc2)c1N. The summed E-state index contributed by atoms with van der Waals surface area (Å²) < 4.78 is 4.86. The monoisotopic (exact) mass is 366 g/mol. The predicted molar refractivity (Wildman–Crippen MR) is 103 cm³/mol. The molecule has 26 heavy (non-hydrogen) atoms. The maximum absolute atomic E-state index is 12.0. The third-order valence-corrected chi connectivity index (χ3v) is 4.80. The van der Waals surface area contributed by atoms with Gasteiger partial charge in [-0.05, 0) is 24.3 Å². The molecule has 0 saturated heterocycles. The average Bonchev–Trinajstić information content (AvgIpc) is 2.69. The number of rotatable bonds is 5. The molecule has 3 rings (SSSR count). The summed E-state index contributed by atoms with van der Waals surface area (Å²) in [5, 5.41) is 0.656. The molecule has 1 aromatic heterocycles. The minimum absolute atomic E-state index is 0.418. The first-order chi connectivity index (χ1) is 12.6. The van der Waals surface area contributed by atoms with E-state index in [0.29, 0.717) is 27.8 Å². The topological polar surface area (TPSA) is 81.3 Å². The molecular formula is C19H18N4O2S. The fourth-order valence-electron chi connectivity index (χ4n) is 2.48. The highest BCUT2D eigenvalue weighted by molar-refractivity contribution is 7.99. The molecule has 0 amide bonds. The van der Waals surface area contributed by atoms with E-state index in [2.05, 4.69) is 9.97 Å². The number of nitrogens with two attached hydrogens (primary N) is 1. The summed E-state index contributed by atoms with van der Waals surface area (Å²) in [6.07, 6.45) is 1.47. The second-order valence-electron chi connectivity index (χ2n) is 5.40. The normalized spacial score (nSPS) is 10.4. The van der Waals surface area contributed by atoms with Gasteiger partial charge in [-0.3, -0.25) is 0 Å². The Hall–Kier alpha value is -3.06. The van der Waals surface area contributed by atoms with Crippen molar-refractivity contribution in [3.8, 4) is 0 Å². The van der Waals surface area contributed by atoms with Crippen molar-refractivity contribution in [3.05, 3.63) is 66.5 Å². The minimum atomic E-state index is -0.418. The van der Waals surface area contributed by atoms with Crippen molar-refractivity contribution in [2.75, 3.05) is 24.8 Å². The molecule has 0 saturated carbocycles. The van der Waals surface area contributed by atoms with Crippen LogP contribution in [0.3, 0.4) is 0 Å². The molecule has 0 aliphatic carbocycles. The van der Waals surface area contributed by atoms with Gasteiger partial charge in [-0.25, -0.2) is 14.8 Å². The molecule has 6 nitrogen and oxygen atoms in total. The Morgan fingerprint density at radius 3 is 2.50 bits per heavy atom. The van der Waals surface area contributed by atoms with E-state index in [0.717, 1.165) is 4.90 Å². The number of hydrogen-bond donors (Lipinski definition) is 1. The third kappa shape index (κ3) is 3.62. The van der Waals surface area contributed by atoms with Crippen LogP contribution in [0, 0.1) is 0 Å². The van der Waals surface area contributed by atoms with Gasteiger partial charge in [-0.15, -0.1) is 0 Å². The Morgan fingerprint density at radius 1 is 1.08 bits per heavy atom. The van der Waals surface area contributed by atoms with E-state index in [4.69, 9.17) is 10.5 Å². The number of para-hydroxylation sites is 1. The van der Waals surface area contributed by atoms with Crippen molar-refractivity contribution < 1.29 is 9.53 Å². The number of methoxy groups -OCH3 is 1. The van der Waals surface area contributed by atoms with Crippen LogP contribution in [0.4, 0.5) is 17.2 Å². The fourth-order valence-corrected chi connectivity index (χ4v) is 3.30. The molecule has 0 aliphatic heterocycles. The summed E-state index contributed by atoms with van der Waals surface area (Å²) in [6.45, 7) is 0. The molecule has 0 atom stereocenters. The summed E-state index contributed by atoms with van der Waals surface area (Å²) in [4.78, 5) is 23.4. The summed E-state index contributed by atoms with van der Waals surface area (Å²) in [5.74, 6) is 0.105. The summed E-state index contributed by atoms with van der Waals surface area (Å²) >= 11 is 1.46. The van der Waals surface area contributed by atoms with Crippen molar-refractivity contribution in [2.24, 2.45) is 0 Å². The van der Waals surface area contributed by atoms with Gasteiger partial charge in [0.1, 0.15) is 17.0 Å². The van der Waals surface area contributed by atoms with Gasteiger partial charge in [0.2, 0.25) is 0 Å². The molecule has 3 aromatic rings. The van der Waals surface area contributed by atoms with Gasteiger partial charge in [-0.1, -0.05) is 42.1 Å². The van der Waals surface area contributed by atoms with Crippen molar-refractivity contribution in [1.82, 2.24) is 9.97 Å². The summed E-state index contributed by atoms with van der Waals surface area (Å²) in [5.41, 5.74) is 7.86. The molecule has 7 heteroatoms. The zero-order valence-corrected chi connectivity index (χ0v) is 15.2. The number of aromatic nitrogens is 2. The number of nitrogens with zero attached hydrogens (tertiary/aromatic N) is 3. The van der Waals surface area contributed by atoms with Gasteiger partial charge in [0.15, 0.2) is 5.82 Å². The fraction of sp³-hybridized carbons (Fsp3) is 0.105. The minimum Gasteiger partial charge on any atom is -0.465 e. The van der Waals surface area contributed by atoms with E-state index in [1.54, 1.807) is 24.1 Å². The quantitative estimate of drug-likeness (QED) is 0.544. The molecule has 0 radical (unpaired) electrons. The van der Waals surface area contributed by atoms with Crippen LogP contribution in [0.2, 0.25) is 0 Å². The Bertz CT molecular complexity index is 918. The van der Waals surface area contributed by atoms with Crippen LogP contribution in [0.5, 0.6) is 0 Å². The zero-order valence-electron chi connectivity index (χ0n) is 14.4. The van der Waals surface area contributed by atoms with E-state index in [-0.39, 0.29) is 0 Å². The number of ether oxygens (including phenoxy) is 1. The lowest BCUT2D eigenvalue weighted by Crippen LogP contribution is -2.18. The molecule has 0 unspecified atom stereocenters. The van der Waals surface area contributed by atoms with Crippen molar-refractivity contribution in [2.45, 2.75) is 9.92 Å². The highest BCUT2D eigenvalue weighted by atomic mass is 32.2. The van der Waals surface area contributed by atoms with Crippen LogP contribution in [0.15, 0.2) is 70.8 Å². The second-order valence-corrected chi connectivity index (χ2v) is 6.46. The highest BCUT2D eigenvalue weighted by Crippen LogP contribution is 2.36. The van der Waals surface area contributed by atoms with Crippen molar-refractivity contribution in [3.63, 3.8) is 0 Å². The number of anilines is 3. The van der Waals surface area contributed by atoms with Gasteiger partial charge >= 0.3 is 5.97 Å². The van der Waals surface area contributed by atoms with Gasteiger partial charge < -0.3 is 15.4 Å². The summed E-state index contributed by atoms with van der Waals surface area (Å²) in [6, 6.07) is 17.0. The van der Waals surface area contributed by atoms with Gasteiger partial charge in [0.05, 0.1) is 18.4 Å². The molecule has 1 heterocycles.